The van der Waals surface area contributed by atoms with E-state index in [1.54, 1.807) is 0 Å². The predicted molar refractivity (Wildman–Crippen MR) is 56.4 cm³/mol. The van der Waals surface area contributed by atoms with E-state index in [4.69, 9.17) is 4.74 Å². The van der Waals surface area contributed by atoms with Gasteiger partial charge in [-0.1, -0.05) is 29.8 Å². The highest BCUT2D eigenvalue weighted by Crippen LogP contribution is 1.92. The molecule has 0 rings (SSSR count). The smallest absolute Gasteiger partial charge is 0.221 e. The maximum absolute atomic E-state index is 10.9. The van der Waals surface area contributed by atoms with Gasteiger partial charge in [0.15, 0.2) is 0 Å². The van der Waals surface area contributed by atoms with Crippen molar-refractivity contribution >= 4 is 26.0 Å². The molecule has 0 aromatic carbocycles. The molecule has 0 aliphatic heterocycles. The first-order chi connectivity index (χ1) is 5.98. The van der Waals surface area contributed by atoms with Gasteiger partial charge in [-0.15, -0.1) is 0 Å². The van der Waals surface area contributed by atoms with Crippen molar-refractivity contribution < 1.29 is 13.2 Å². The molecule has 0 heterocycles. The van der Waals surface area contributed by atoms with Crippen LogP contribution in [0.3, 0.4) is 0 Å². The molecule has 4 nitrogen and oxygen atoms in total. The molecule has 0 radical (unpaired) electrons. The molecule has 1 N–H and O–H groups in total. The number of hydrogen-bond donors (Lipinski definition) is 1. The quantitative estimate of drug-likeness (QED) is 0.555. The molecule has 0 aliphatic carbocycles. The fourth-order valence-electron chi connectivity index (χ4n) is 0.627. The number of ether oxygens (including phenoxy) is 1. The van der Waals surface area contributed by atoms with Crippen LogP contribution in [0.4, 0.5) is 0 Å². The second kappa shape index (κ2) is 6.75. The van der Waals surface area contributed by atoms with Crippen LogP contribution in [0, 0.1) is 5.92 Å². The van der Waals surface area contributed by atoms with Crippen LogP contribution in [0.15, 0.2) is 0 Å². The summed E-state index contributed by atoms with van der Waals surface area (Å²) in [5.74, 6) is 0.479. The Morgan fingerprint density at radius 3 is 2.54 bits per heavy atom. The summed E-state index contributed by atoms with van der Waals surface area (Å²) in [6.07, 6.45) is 0. The molecule has 0 amide bonds. The van der Waals surface area contributed by atoms with E-state index in [2.05, 4.69) is 20.7 Å². The van der Waals surface area contributed by atoms with Crippen LogP contribution >= 0.6 is 15.9 Å². The van der Waals surface area contributed by atoms with Crippen molar-refractivity contribution in [1.82, 2.24) is 4.72 Å². The Kier molecular flexibility index (Phi) is 6.93. The lowest BCUT2D eigenvalue weighted by Gasteiger charge is -2.07. The zero-order valence-electron chi connectivity index (χ0n) is 7.92. The highest BCUT2D eigenvalue weighted by Gasteiger charge is 2.05. The summed E-state index contributed by atoms with van der Waals surface area (Å²) in [5, 5.41) is 0. The van der Waals surface area contributed by atoms with Crippen LogP contribution in [-0.4, -0.2) is 32.8 Å². The Balaban J connectivity index is 3.37. The largest absolute Gasteiger partial charge is 0.380 e. The third-order valence-corrected chi connectivity index (χ3v) is 3.90. The lowest BCUT2D eigenvalue weighted by atomic mass is 10.2. The summed E-state index contributed by atoms with van der Waals surface area (Å²) in [5.41, 5.74) is 0. The van der Waals surface area contributed by atoms with E-state index >= 15 is 0 Å². The third-order valence-electron chi connectivity index (χ3n) is 1.16. The standard InChI is InChI=1S/C7H16BrNO3S/c1-7(2)5-12-4-3-9-13(10,11)6-8/h7,9H,3-6H2,1-2H3. The first-order valence-corrected chi connectivity index (χ1v) is 6.86. The lowest BCUT2D eigenvalue weighted by molar-refractivity contribution is 0.114. The highest BCUT2D eigenvalue weighted by molar-refractivity contribution is 9.10. The van der Waals surface area contributed by atoms with Crippen molar-refractivity contribution in [3.63, 3.8) is 0 Å². The summed E-state index contributed by atoms with van der Waals surface area (Å²) in [7, 11) is -3.13. The Hall–Kier alpha value is 0.350. The van der Waals surface area contributed by atoms with Gasteiger partial charge < -0.3 is 4.74 Å². The van der Waals surface area contributed by atoms with Crippen LogP contribution in [0.1, 0.15) is 13.8 Å². The number of nitrogens with one attached hydrogen (secondary N) is 1. The van der Waals surface area contributed by atoms with E-state index in [1.165, 1.54) is 0 Å². The van der Waals surface area contributed by atoms with E-state index in [0.29, 0.717) is 25.7 Å². The van der Waals surface area contributed by atoms with Crippen LogP contribution in [0.25, 0.3) is 0 Å². The average Bonchev–Trinajstić information content (AvgIpc) is 2.03. The Morgan fingerprint density at radius 2 is 2.08 bits per heavy atom. The summed E-state index contributed by atoms with van der Waals surface area (Å²) in [6.45, 7) is 5.51. The minimum absolute atomic E-state index is 0.0653. The maximum atomic E-state index is 10.9. The van der Waals surface area contributed by atoms with Crippen molar-refractivity contribution in [1.29, 1.82) is 0 Å². The van der Waals surface area contributed by atoms with Crippen LogP contribution in [0.2, 0.25) is 0 Å². The maximum Gasteiger partial charge on any atom is 0.221 e. The highest BCUT2D eigenvalue weighted by atomic mass is 79.9. The van der Waals surface area contributed by atoms with Crippen molar-refractivity contribution in [3.05, 3.63) is 0 Å². The zero-order valence-corrected chi connectivity index (χ0v) is 10.3. The molecule has 0 atom stereocenters. The molecule has 0 aromatic rings. The molecule has 0 unspecified atom stereocenters. The summed E-state index contributed by atoms with van der Waals surface area (Å²) >= 11 is 2.87. The summed E-state index contributed by atoms with van der Waals surface area (Å²) < 4.78 is 29.3. The van der Waals surface area contributed by atoms with Gasteiger partial charge in [0, 0.05) is 13.2 Å². The van der Waals surface area contributed by atoms with E-state index in [-0.39, 0.29) is 4.66 Å². The molecule has 80 valence electrons. The van der Waals surface area contributed by atoms with Gasteiger partial charge in [0.25, 0.3) is 0 Å². The van der Waals surface area contributed by atoms with Gasteiger partial charge in [-0.2, -0.15) is 0 Å². The minimum Gasteiger partial charge on any atom is -0.380 e. The first kappa shape index (κ1) is 13.4. The number of sulfonamides is 1. The van der Waals surface area contributed by atoms with E-state index in [1.807, 2.05) is 13.8 Å². The zero-order chi connectivity index (χ0) is 10.3. The second-order valence-corrected chi connectivity index (χ2v) is 6.20. The molecule has 0 bridgehead atoms. The van der Waals surface area contributed by atoms with Crippen LogP contribution < -0.4 is 4.72 Å². The number of alkyl halides is 1. The molecule has 13 heavy (non-hydrogen) atoms. The van der Waals surface area contributed by atoms with Gasteiger partial charge >= 0.3 is 0 Å². The molecule has 6 heteroatoms. The summed E-state index contributed by atoms with van der Waals surface area (Å²) in [6, 6.07) is 0. The van der Waals surface area contributed by atoms with E-state index in [9.17, 15) is 8.42 Å². The fraction of sp³-hybridized carbons (Fsp3) is 1.00. The molecule has 0 fully saturated rings. The van der Waals surface area contributed by atoms with Gasteiger partial charge in [0.05, 0.1) is 6.61 Å². The van der Waals surface area contributed by atoms with E-state index in [0.717, 1.165) is 0 Å². The third kappa shape index (κ3) is 8.67. The fourth-order valence-corrected chi connectivity index (χ4v) is 1.58. The Bertz CT molecular complexity index is 216. The SMILES string of the molecule is CC(C)COCCNS(=O)(=O)CBr. The Labute approximate surface area is 88.2 Å². The second-order valence-electron chi connectivity index (χ2n) is 3.09. The number of halogens is 1. The average molecular weight is 274 g/mol. The topological polar surface area (TPSA) is 55.4 Å². The van der Waals surface area contributed by atoms with Gasteiger partial charge in [-0.3, -0.25) is 0 Å². The van der Waals surface area contributed by atoms with Gasteiger partial charge in [0.2, 0.25) is 10.0 Å². The monoisotopic (exact) mass is 273 g/mol. The van der Waals surface area contributed by atoms with Crippen LogP contribution in [0.5, 0.6) is 0 Å². The molecule has 0 aliphatic rings. The van der Waals surface area contributed by atoms with Crippen LogP contribution in [-0.2, 0) is 14.8 Å². The molecule has 0 spiro atoms. The van der Waals surface area contributed by atoms with Crippen molar-refractivity contribution in [2.24, 2.45) is 5.92 Å². The van der Waals surface area contributed by atoms with Crippen molar-refractivity contribution in [2.75, 3.05) is 24.4 Å². The molecular formula is C7H16BrNO3S. The Morgan fingerprint density at radius 1 is 1.46 bits per heavy atom. The predicted octanol–water partition coefficient (Wildman–Crippen LogP) is 0.931. The number of hydrogen-bond acceptors (Lipinski definition) is 3. The van der Waals surface area contributed by atoms with Gasteiger partial charge in [0.1, 0.15) is 4.66 Å². The normalized spacial score (nSPS) is 12.3. The molecular weight excluding hydrogens is 258 g/mol. The van der Waals surface area contributed by atoms with Crippen molar-refractivity contribution in [3.8, 4) is 0 Å². The van der Waals surface area contributed by atoms with Crippen molar-refractivity contribution in [2.45, 2.75) is 13.8 Å². The van der Waals surface area contributed by atoms with Gasteiger partial charge in [-0.25, -0.2) is 13.1 Å². The van der Waals surface area contributed by atoms with E-state index < -0.39 is 10.0 Å². The summed E-state index contributed by atoms with van der Waals surface area (Å²) in [4.78, 5) is 0. The number of rotatable bonds is 7. The van der Waals surface area contributed by atoms with Gasteiger partial charge in [-0.05, 0) is 5.92 Å². The lowest BCUT2D eigenvalue weighted by Crippen LogP contribution is -2.28. The molecule has 0 saturated heterocycles. The molecule has 0 aromatic heterocycles. The molecule has 0 saturated carbocycles. The first-order valence-electron chi connectivity index (χ1n) is 4.09. The minimum atomic E-state index is -3.13.